The van der Waals surface area contributed by atoms with Crippen LogP contribution in [0.5, 0.6) is 5.75 Å². The van der Waals surface area contributed by atoms with Crippen LogP contribution in [-0.4, -0.2) is 39.1 Å². The van der Waals surface area contributed by atoms with Gasteiger partial charge in [0.15, 0.2) is 9.84 Å². The summed E-state index contributed by atoms with van der Waals surface area (Å²) < 4.78 is 28.9. The van der Waals surface area contributed by atoms with Gasteiger partial charge in [0.05, 0.1) is 18.1 Å². The quantitative estimate of drug-likeness (QED) is 0.826. The third-order valence-electron chi connectivity index (χ3n) is 4.21. The second kappa shape index (κ2) is 7.32. The average molecular weight is 333 g/mol. The van der Waals surface area contributed by atoms with Crippen molar-refractivity contribution in [2.24, 2.45) is 0 Å². The highest BCUT2D eigenvalue weighted by molar-refractivity contribution is 7.91. The Kier molecular flexibility index (Phi) is 5.18. The van der Waals surface area contributed by atoms with Gasteiger partial charge in [0, 0.05) is 6.04 Å². The number of fused-ring (bicyclic) bond motifs is 1. The van der Waals surface area contributed by atoms with Crippen LogP contribution in [0.4, 0.5) is 0 Å². The minimum atomic E-state index is -2.83. The molecule has 0 aromatic heterocycles. The Bertz CT molecular complexity index is 758. The van der Waals surface area contributed by atoms with Gasteiger partial charge in [-0.1, -0.05) is 30.3 Å². The SMILES string of the molecule is O=S1(=O)CCCC(NCCCOc2ccc3ccccc3c2)C1. The van der Waals surface area contributed by atoms with Gasteiger partial charge < -0.3 is 10.1 Å². The molecule has 0 radical (unpaired) electrons. The summed E-state index contributed by atoms with van der Waals surface area (Å²) in [5, 5.41) is 5.72. The summed E-state index contributed by atoms with van der Waals surface area (Å²) in [4.78, 5) is 0. The second-order valence-corrected chi connectivity index (χ2v) is 8.35. The maximum atomic E-state index is 11.6. The van der Waals surface area contributed by atoms with Crippen molar-refractivity contribution in [3.63, 3.8) is 0 Å². The van der Waals surface area contributed by atoms with Crippen LogP contribution in [0, 0.1) is 0 Å². The number of sulfone groups is 1. The van der Waals surface area contributed by atoms with Gasteiger partial charge in [-0.2, -0.15) is 0 Å². The lowest BCUT2D eigenvalue weighted by atomic mass is 10.1. The third-order valence-corrected chi connectivity index (χ3v) is 6.03. The van der Waals surface area contributed by atoms with Gasteiger partial charge in [-0.05, 0) is 48.7 Å². The highest BCUT2D eigenvalue weighted by Gasteiger charge is 2.23. The lowest BCUT2D eigenvalue weighted by Crippen LogP contribution is -2.40. The summed E-state index contributed by atoms with van der Waals surface area (Å²) in [5.41, 5.74) is 0. The van der Waals surface area contributed by atoms with E-state index in [2.05, 4.69) is 29.6 Å². The fraction of sp³-hybridized carbons (Fsp3) is 0.444. The van der Waals surface area contributed by atoms with E-state index in [0.29, 0.717) is 12.4 Å². The van der Waals surface area contributed by atoms with Gasteiger partial charge in [0.25, 0.3) is 0 Å². The van der Waals surface area contributed by atoms with Crippen molar-refractivity contribution in [3.05, 3.63) is 42.5 Å². The highest BCUT2D eigenvalue weighted by atomic mass is 32.2. The van der Waals surface area contributed by atoms with Crippen LogP contribution in [0.25, 0.3) is 10.8 Å². The molecular weight excluding hydrogens is 310 g/mol. The Morgan fingerprint density at radius 2 is 1.96 bits per heavy atom. The molecule has 2 aromatic carbocycles. The molecule has 1 atom stereocenters. The lowest BCUT2D eigenvalue weighted by molar-refractivity contribution is 0.304. The largest absolute Gasteiger partial charge is 0.494 e. The molecule has 0 spiro atoms. The molecule has 3 rings (SSSR count). The molecule has 0 aliphatic carbocycles. The Hall–Kier alpha value is -1.59. The van der Waals surface area contributed by atoms with Crippen LogP contribution < -0.4 is 10.1 Å². The van der Waals surface area contributed by atoms with Crippen LogP contribution >= 0.6 is 0 Å². The van der Waals surface area contributed by atoms with E-state index in [-0.39, 0.29) is 11.8 Å². The summed E-state index contributed by atoms with van der Waals surface area (Å²) in [5.74, 6) is 1.50. The van der Waals surface area contributed by atoms with Crippen LogP contribution in [0.1, 0.15) is 19.3 Å². The first-order valence-corrected chi connectivity index (χ1v) is 10.00. The van der Waals surface area contributed by atoms with Gasteiger partial charge >= 0.3 is 0 Å². The van der Waals surface area contributed by atoms with Crippen LogP contribution in [0.15, 0.2) is 42.5 Å². The molecule has 1 fully saturated rings. The number of nitrogens with one attached hydrogen (secondary N) is 1. The topological polar surface area (TPSA) is 55.4 Å². The lowest BCUT2D eigenvalue weighted by Gasteiger charge is -2.23. The van der Waals surface area contributed by atoms with Crippen LogP contribution in [0.2, 0.25) is 0 Å². The smallest absolute Gasteiger partial charge is 0.151 e. The summed E-state index contributed by atoms with van der Waals surface area (Å²) in [7, 11) is -2.83. The molecule has 5 heteroatoms. The molecule has 2 aromatic rings. The predicted octanol–water partition coefficient (Wildman–Crippen LogP) is 2.78. The van der Waals surface area contributed by atoms with Gasteiger partial charge in [-0.25, -0.2) is 8.42 Å². The van der Waals surface area contributed by atoms with Gasteiger partial charge in [0.2, 0.25) is 0 Å². The zero-order chi connectivity index (χ0) is 16.1. The van der Waals surface area contributed by atoms with Crippen molar-refractivity contribution in [2.75, 3.05) is 24.7 Å². The van der Waals surface area contributed by atoms with Crippen molar-refractivity contribution >= 4 is 20.6 Å². The van der Waals surface area contributed by atoms with E-state index in [1.54, 1.807) is 0 Å². The summed E-state index contributed by atoms with van der Waals surface area (Å²) in [6, 6.07) is 14.4. The second-order valence-electron chi connectivity index (χ2n) is 6.12. The van der Waals surface area contributed by atoms with E-state index in [9.17, 15) is 8.42 Å². The van der Waals surface area contributed by atoms with E-state index in [1.807, 2.05) is 18.2 Å². The molecule has 1 aliphatic heterocycles. The van der Waals surface area contributed by atoms with E-state index in [1.165, 1.54) is 10.8 Å². The van der Waals surface area contributed by atoms with Crippen molar-refractivity contribution in [1.82, 2.24) is 5.32 Å². The minimum Gasteiger partial charge on any atom is -0.494 e. The molecule has 124 valence electrons. The maximum absolute atomic E-state index is 11.6. The Morgan fingerprint density at radius 3 is 2.78 bits per heavy atom. The number of benzene rings is 2. The summed E-state index contributed by atoms with van der Waals surface area (Å²) >= 11 is 0. The Morgan fingerprint density at radius 1 is 1.13 bits per heavy atom. The van der Waals surface area contributed by atoms with E-state index in [4.69, 9.17) is 4.74 Å². The summed E-state index contributed by atoms with van der Waals surface area (Å²) in [6.07, 6.45) is 2.59. The van der Waals surface area contributed by atoms with Gasteiger partial charge in [-0.15, -0.1) is 0 Å². The maximum Gasteiger partial charge on any atom is 0.151 e. The number of hydrogen-bond acceptors (Lipinski definition) is 4. The first kappa shape index (κ1) is 16.3. The standard InChI is InChI=1S/C18H23NO3S/c20-23(21)12-3-7-17(14-23)19-10-4-11-22-18-9-8-15-5-1-2-6-16(15)13-18/h1-2,5-6,8-9,13,17,19H,3-4,7,10-12,14H2. The molecule has 1 aliphatic rings. The Balaban J connectivity index is 1.41. The molecule has 4 nitrogen and oxygen atoms in total. The molecule has 0 saturated carbocycles. The van der Waals surface area contributed by atoms with Crippen molar-refractivity contribution in [3.8, 4) is 5.75 Å². The Labute approximate surface area is 137 Å². The first-order chi connectivity index (χ1) is 11.1. The van der Waals surface area contributed by atoms with Crippen LogP contribution in [0.3, 0.4) is 0 Å². The van der Waals surface area contributed by atoms with E-state index in [0.717, 1.165) is 31.6 Å². The monoisotopic (exact) mass is 333 g/mol. The van der Waals surface area contributed by atoms with Crippen molar-refractivity contribution < 1.29 is 13.2 Å². The fourth-order valence-electron chi connectivity index (χ4n) is 3.01. The first-order valence-electron chi connectivity index (χ1n) is 8.18. The summed E-state index contributed by atoms with van der Waals surface area (Å²) in [6.45, 7) is 1.42. The van der Waals surface area contributed by atoms with Crippen molar-refractivity contribution in [2.45, 2.75) is 25.3 Å². The van der Waals surface area contributed by atoms with E-state index < -0.39 is 9.84 Å². The normalized spacial score (nSPS) is 20.4. The molecular formula is C18H23NO3S. The molecule has 1 N–H and O–H groups in total. The number of rotatable bonds is 6. The fourth-order valence-corrected chi connectivity index (χ4v) is 4.68. The van der Waals surface area contributed by atoms with Crippen molar-refractivity contribution in [1.29, 1.82) is 0 Å². The molecule has 1 heterocycles. The average Bonchev–Trinajstić information content (AvgIpc) is 2.53. The molecule has 0 bridgehead atoms. The van der Waals surface area contributed by atoms with Crippen LogP contribution in [-0.2, 0) is 9.84 Å². The number of ether oxygens (including phenoxy) is 1. The minimum absolute atomic E-state index is 0.106. The zero-order valence-corrected chi connectivity index (χ0v) is 14.0. The number of hydrogen-bond donors (Lipinski definition) is 1. The zero-order valence-electron chi connectivity index (χ0n) is 13.2. The third kappa shape index (κ3) is 4.69. The van der Waals surface area contributed by atoms with E-state index >= 15 is 0 Å². The predicted molar refractivity (Wildman–Crippen MR) is 93.7 cm³/mol. The highest BCUT2D eigenvalue weighted by Crippen LogP contribution is 2.20. The van der Waals surface area contributed by atoms with Gasteiger partial charge in [0.1, 0.15) is 5.75 Å². The molecule has 1 saturated heterocycles. The molecule has 23 heavy (non-hydrogen) atoms. The molecule has 0 amide bonds. The molecule has 1 unspecified atom stereocenters. The van der Waals surface area contributed by atoms with Gasteiger partial charge in [-0.3, -0.25) is 0 Å².